The molecule has 0 radical (unpaired) electrons. The number of anilines is 1. The monoisotopic (exact) mass is 266 g/mol. The van der Waals surface area contributed by atoms with Crippen LogP contribution in [0.4, 0.5) is 10.1 Å². The summed E-state index contributed by atoms with van der Waals surface area (Å²) >= 11 is 0. The fraction of sp³-hybridized carbons (Fsp3) is 0.600. The number of hydrogen-bond donors (Lipinski definition) is 1. The van der Waals surface area contributed by atoms with Crippen molar-refractivity contribution in [2.24, 2.45) is 5.73 Å². The van der Waals surface area contributed by atoms with Crippen LogP contribution in [-0.2, 0) is 11.2 Å². The van der Waals surface area contributed by atoms with Gasteiger partial charge in [-0.1, -0.05) is 6.07 Å². The van der Waals surface area contributed by atoms with Crippen molar-refractivity contribution in [1.29, 1.82) is 0 Å². The van der Waals surface area contributed by atoms with Crippen molar-refractivity contribution >= 4 is 5.69 Å². The molecule has 2 rings (SSSR count). The first-order valence-electron chi connectivity index (χ1n) is 6.90. The first-order valence-corrected chi connectivity index (χ1v) is 6.90. The lowest BCUT2D eigenvalue weighted by atomic mass is 10.0. The second-order valence-corrected chi connectivity index (χ2v) is 5.58. The van der Waals surface area contributed by atoms with Gasteiger partial charge in [-0.3, -0.25) is 0 Å². The van der Waals surface area contributed by atoms with E-state index in [0.717, 1.165) is 24.3 Å². The van der Waals surface area contributed by atoms with Crippen molar-refractivity contribution in [3.63, 3.8) is 0 Å². The summed E-state index contributed by atoms with van der Waals surface area (Å²) in [5.74, 6) is -0.165. The van der Waals surface area contributed by atoms with E-state index in [4.69, 9.17) is 10.5 Å². The summed E-state index contributed by atoms with van der Waals surface area (Å²) in [5, 5.41) is 0. The summed E-state index contributed by atoms with van der Waals surface area (Å²) in [6, 6.07) is 5.20. The van der Waals surface area contributed by atoms with Gasteiger partial charge < -0.3 is 15.4 Å². The van der Waals surface area contributed by atoms with Crippen LogP contribution in [0.2, 0.25) is 0 Å². The van der Waals surface area contributed by atoms with Gasteiger partial charge >= 0.3 is 0 Å². The van der Waals surface area contributed by atoms with Gasteiger partial charge in [0.05, 0.1) is 12.2 Å². The van der Waals surface area contributed by atoms with Crippen LogP contribution in [-0.4, -0.2) is 31.3 Å². The first kappa shape index (κ1) is 14.3. The maximum atomic E-state index is 14.0. The predicted molar refractivity (Wildman–Crippen MR) is 76.0 cm³/mol. The Hall–Kier alpha value is -1.13. The molecule has 0 spiro atoms. The van der Waals surface area contributed by atoms with Crippen LogP contribution in [0.3, 0.4) is 0 Å². The van der Waals surface area contributed by atoms with Crippen LogP contribution in [0.15, 0.2) is 18.2 Å². The molecule has 0 saturated carbocycles. The molecule has 19 heavy (non-hydrogen) atoms. The lowest BCUT2D eigenvalue weighted by Crippen LogP contribution is -2.46. The van der Waals surface area contributed by atoms with E-state index in [1.165, 1.54) is 6.07 Å². The highest BCUT2D eigenvalue weighted by atomic mass is 19.1. The molecule has 1 aromatic carbocycles. The molecule has 0 aliphatic carbocycles. The number of benzene rings is 1. The molecule has 1 aliphatic rings. The zero-order valence-corrected chi connectivity index (χ0v) is 11.9. The summed E-state index contributed by atoms with van der Waals surface area (Å²) in [7, 11) is 0. The second kappa shape index (κ2) is 5.88. The maximum absolute atomic E-state index is 14.0. The highest BCUT2D eigenvalue weighted by Crippen LogP contribution is 2.27. The molecule has 3 unspecified atom stereocenters. The molecule has 1 fully saturated rings. The lowest BCUT2D eigenvalue weighted by Gasteiger charge is -2.38. The van der Waals surface area contributed by atoms with Crippen molar-refractivity contribution in [3.8, 4) is 0 Å². The normalized spacial score (nSPS) is 25.4. The number of hydrogen-bond acceptors (Lipinski definition) is 3. The highest BCUT2D eigenvalue weighted by molar-refractivity contribution is 5.55. The van der Waals surface area contributed by atoms with Gasteiger partial charge in [-0.05, 0) is 39.3 Å². The average Bonchev–Trinajstić information content (AvgIpc) is 2.30. The van der Waals surface area contributed by atoms with Crippen LogP contribution < -0.4 is 10.6 Å². The van der Waals surface area contributed by atoms with Gasteiger partial charge in [-0.2, -0.15) is 0 Å². The maximum Gasteiger partial charge on any atom is 0.128 e. The van der Waals surface area contributed by atoms with E-state index < -0.39 is 0 Å². The fourth-order valence-electron chi connectivity index (χ4n) is 2.74. The molecule has 0 aromatic heterocycles. The van der Waals surface area contributed by atoms with Gasteiger partial charge in [0.25, 0.3) is 0 Å². The van der Waals surface area contributed by atoms with Gasteiger partial charge in [0.15, 0.2) is 0 Å². The summed E-state index contributed by atoms with van der Waals surface area (Å²) in [6.45, 7) is 7.58. The van der Waals surface area contributed by atoms with Crippen LogP contribution in [0, 0.1) is 5.82 Å². The minimum Gasteiger partial charge on any atom is -0.372 e. The number of ether oxygens (including phenoxy) is 1. The number of nitrogens with two attached hydrogens (primary N) is 1. The zero-order chi connectivity index (χ0) is 14.0. The van der Waals surface area contributed by atoms with Gasteiger partial charge in [0.1, 0.15) is 5.82 Å². The Morgan fingerprint density at radius 3 is 2.58 bits per heavy atom. The molecule has 1 saturated heterocycles. The van der Waals surface area contributed by atoms with Crippen LogP contribution in [0.5, 0.6) is 0 Å². The highest BCUT2D eigenvalue weighted by Gasteiger charge is 2.25. The number of rotatable bonds is 3. The lowest BCUT2D eigenvalue weighted by molar-refractivity contribution is -0.00528. The molecular weight excluding hydrogens is 243 g/mol. The van der Waals surface area contributed by atoms with Crippen molar-refractivity contribution in [1.82, 2.24) is 0 Å². The summed E-state index contributed by atoms with van der Waals surface area (Å²) in [6.07, 6.45) is 0.882. The molecule has 1 aromatic rings. The van der Waals surface area contributed by atoms with E-state index in [9.17, 15) is 4.39 Å². The molecule has 1 aliphatic heterocycles. The standard InChI is InChI=1S/C15H23FN2O/c1-10(17)7-13-14(16)5-4-6-15(13)18-8-11(2)19-12(3)9-18/h4-6,10-12H,7-9,17H2,1-3H3. The quantitative estimate of drug-likeness (QED) is 0.912. The Morgan fingerprint density at radius 2 is 2.00 bits per heavy atom. The van der Waals surface area contributed by atoms with Crippen molar-refractivity contribution < 1.29 is 9.13 Å². The summed E-state index contributed by atoms with van der Waals surface area (Å²) in [4.78, 5) is 2.21. The molecule has 0 amide bonds. The second-order valence-electron chi connectivity index (χ2n) is 5.58. The summed E-state index contributed by atoms with van der Waals surface area (Å²) in [5.41, 5.74) is 7.52. The molecule has 106 valence electrons. The molecular formula is C15H23FN2O. The van der Waals surface area contributed by atoms with Crippen LogP contribution in [0.1, 0.15) is 26.3 Å². The number of halogens is 1. The fourth-order valence-corrected chi connectivity index (χ4v) is 2.74. The molecule has 4 heteroatoms. The zero-order valence-electron chi connectivity index (χ0n) is 11.9. The SMILES string of the molecule is CC(N)Cc1c(F)cccc1N1CC(C)OC(C)C1. The minimum absolute atomic E-state index is 0.0495. The molecule has 2 N–H and O–H groups in total. The topological polar surface area (TPSA) is 38.5 Å². The smallest absolute Gasteiger partial charge is 0.128 e. The third kappa shape index (κ3) is 3.45. The third-order valence-electron chi connectivity index (χ3n) is 3.38. The van der Waals surface area contributed by atoms with E-state index in [1.54, 1.807) is 6.07 Å². The largest absolute Gasteiger partial charge is 0.372 e. The Labute approximate surface area is 114 Å². The Kier molecular flexibility index (Phi) is 4.42. The first-order chi connectivity index (χ1) is 8.97. The minimum atomic E-state index is -0.165. The van der Waals surface area contributed by atoms with Gasteiger partial charge in [-0.25, -0.2) is 4.39 Å². The Morgan fingerprint density at radius 1 is 1.37 bits per heavy atom. The van der Waals surface area contributed by atoms with E-state index in [0.29, 0.717) is 6.42 Å². The van der Waals surface area contributed by atoms with E-state index >= 15 is 0 Å². The molecule has 3 atom stereocenters. The van der Waals surface area contributed by atoms with Crippen molar-refractivity contribution in [2.45, 2.75) is 45.4 Å². The van der Waals surface area contributed by atoms with Crippen molar-refractivity contribution in [3.05, 3.63) is 29.6 Å². The average molecular weight is 266 g/mol. The number of morpholine rings is 1. The molecule has 0 bridgehead atoms. The third-order valence-corrected chi connectivity index (χ3v) is 3.38. The van der Waals surface area contributed by atoms with Gasteiger partial charge in [-0.15, -0.1) is 0 Å². The Balaban J connectivity index is 2.30. The Bertz CT molecular complexity index is 426. The van der Waals surface area contributed by atoms with E-state index in [1.807, 2.05) is 26.8 Å². The van der Waals surface area contributed by atoms with E-state index in [-0.39, 0.29) is 24.1 Å². The van der Waals surface area contributed by atoms with Crippen molar-refractivity contribution in [2.75, 3.05) is 18.0 Å². The summed E-state index contributed by atoms with van der Waals surface area (Å²) < 4.78 is 19.8. The predicted octanol–water partition coefficient (Wildman–Crippen LogP) is 2.33. The molecule has 3 nitrogen and oxygen atoms in total. The van der Waals surface area contributed by atoms with E-state index in [2.05, 4.69) is 4.90 Å². The van der Waals surface area contributed by atoms with Crippen LogP contribution in [0.25, 0.3) is 0 Å². The van der Waals surface area contributed by atoms with Gasteiger partial charge in [0.2, 0.25) is 0 Å². The molecule has 1 heterocycles. The van der Waals surface area contributed by atoms with Gasteiger partial charge in [0, 0.05) is 30.4 Å². The van der Waals surface area contributed by atoms with Crippen LogP contribution >= 0.6 is 0 Å². The number of nitrogens with zero attached hydrogens (tertiary/aromatic N) is 1.